The van der Waals surface area contributed by atoms with Crippen molar-refractivity contribution in [3.63, 3.8) is 0 Å². The van der Waals surface area contributed by atoms with E-state index in [1.165, 1.54) is 16.4 Å². The van der Waals surface area contributed by atoms with Gasteiger partial charge in [-0.25, -0.2) is 25.9 Å². The number of halogens is 3. The van der Waals surface area contributed by atoms with Crippen LogP contribution in [-0.2, 0) is 10.0 Å². The van der Waals surface area contributed by atoms with Gasteiger partial charge < -0.3 is 10.6 Å². The zero-order valence-corrected chi connectivity index (χ0v) is 16.4. The minimum absolute atomic E-state index is 0.0359. The topological polar surface area (TPSA) is 78.5 Å². The van der Waals surface area contributed by atoms with Crippen LogP contribution < -0.4 is 10.6 Å². The second-order valence-electron chi connectivity index (χ2n) is 6.86. The van der Waals surface area contributed by atoms with Crippen LogP contribution in [0.4, 0.5) is 24.5 Å². The van der Waals surface area contributed by atoms with E-state index in [1.54, 1.807) is 0 Å². The monoisotopic (exact) mass is 427 g/mol. The number of benzene rings is 2. The van der Waals surface area contributed by atoms with E-state index in [0.29, 0.717) is 31.6 Å². The molecule has 10 heteroatoms. The minimum atomic E-state index is -3.25. The van der Waals surface area contributed by atoms with Crippen molar-refractivity contribution in [1.29, 1.82) is 0 Å². The molecule has 1 heterocycles. The van der Waals surface area contributed by atoms with Crippen molar-refractivity contribution in [1.82, 2.24) is 4.31 Å². The van der Waals surface area contributed by atoms with Crippen molar-refractivity contribution < 1.29 is 26.4 Å². The predicted octanol–water partition coefficient (Wildman–Crippen LogP) is 3.19. The van der Waals surface area contributed by atoms with Crippen LogP contribution in [0.2, 0.25) is 0 Å². The highest BCUT2D eigenvalue weighted by Crippen LogP contribution is 2.23. The summed E-state index contributed by atoms with van der Waals surface area (Å²) in [5, 5.41) is 5.41. The van der Waals surface area contributed by atoms with Gasteiger partial charge in [0.1, 0.15) is 23.0 Å². The molecule has 6 nitrogen and oxygen atoms in total. The maximum atomic E-state index is 14.0. The first-order valence-corrected chi connectivity index (χ1v) is 10.8. The molecule has 156 valence electrons. The molecule has 29 heavy (non-hydrogen) atoms. The molecule has 1 saturated heterocycles. The molecular formula is C19H20F3N3O3S. The first kappa shape index (κ1) is 21.1. The van der Waals surface area contributed by atoms with Crippen molar-refractivity contribution in [2.45, 2.75) is 18.9 Å². The third-order valence-corrected chi connectivity index (χ3v) is 5.94. The van der Waals surface area contributed by atoms with E-state index < -0.39 is 38.9 Å². The lowest BCUT2D eigenvalue weighted by Crippen LogP contribution is -2.41. The van der Waals surface area contributed by atoms with Crippen LogP contribution in [0.1, 0.15) is 23.2 Å². The van der Waals surface area contributed by atoms with Crippen LogP contribution >= 0.6 is 0 Å². The third-order valence-electron chi connectivity index (χ3n) is 4.64. The molecule has 0 aromatic heterocycles. The maximum Gasteiger partial charge on any atom is 0.261 e. The average molecular weight is 427 g/mol. The van der Waals surface area contributed by atoms with E-state index >= 15 is 0 Å². The van der Waals surface area contributed by atoms with Gasteiger partial charge in [0.15, 0.2) is 0 Å². The Morgan fingerprint density at radius 2 is 1.62 bits per heavy atom. The van der Waals surface area contributed by atoms with Gasteiger partial charge in [0.05, 0.1) is 6.26 Å². The Bertz CT molecular complexity index is 1000. The Morgan fingerprint density at radius 3 is 2.21 bits per heavy atom. The van der Waals surface area contributed by atoms with Gasteiger partial charge in [0.2, 0.25) is 10.0 Å². The first-order valence-electron chi connectivity index (χ1n) is 8.91. The number of hydrogen-bond donors (Lipinski definition) is 2. The van der Waals surface area contributed by atoms with Gasteiger partial charge in [0.25, 0.3) is 5.91 Å². The molecular weight excluding hydrogens is 407 g/mol. The molecule has 0 atom stereocenters. The van der Waals surface area contributed by atoms with E-state index in [2.05, 4.69) is 10.6 Å². The zero-order chi connectivity index (χ0) is 21.2. The standard InChI is InChI=1S/C19H20F3N3O3S/c1-29(27,28)25-7-5-13(6-8-25)23-14-9-12(20)10-15(11-14)24-19(26)18-16(21)3-2-4-17(18)22/h2-4,9-11,13,23H,5-8H2,1H3,(H,24,26). The molecule has 1 aliphatic rings. The number of nitrogens with zero attached hydrogens (tertiary/aromatic N) is 1. The number of nitrogens with one attached hydrogen (secondary N) is 2. The molecule has 0 spiro atoms. The summed E-state index contributed by atoms with van der Waals surface area (Å²) in [6.45, 7) is 0.698. The van der Waals surface area contributed by atoms with Crippen LogP contribution in [0.15, 0.2) is 36.4 Å². The molecule has 2 N–H and O–H groups in total. The molecule has 0 bridgehead atoms. The molecule has 1 aliphatic heterocycles. The highest BCUT2D eigenvalue weighted by molar-refractivity contribution is 7.88. The van der Waals surface area contributed by atoms with Crippen molar-refractivity contribution in [3.05, 3.63) is 59.4 Å². The SMILES string of the molecule is CS(=O)(=O)N1CCC(Nc2cc(F)cc(NC(=O)c3c(F)cccc3F)c2)CC1. The highest BCUT2D eigenvalue weighted by atomic mass is 32.2. The number of carbonyl (C=O) groups excluding carboxylic acids is 1. The maximum absolute atomic E-state index is 14.0. The zero-order valence-electron chi connectivity index (χ0n) is 15.6. The summed E-state index contributed by atoms with van der Waals surface area (Å²) in [6, 6.07) is 6.68. The number of piperidine rings is 1. The third kappa shape index (κ3) is 5.27. The minimum Gasteiger partial charge on any atom is -0.382 e. The summed E-state index contributed by atoms with van der Waals surface area (Å²) in [5.74, 6) is -3.71. The fourth-order valence-corrected chi connectivity index (χ4v) is 4.10. The predicted molar refractivity (Wildman–Crippen MR) is 104 cm³/mol. The van der Waals surface area contributed by atoms with Crippen LogP contribution in [0.5, 0.6) is 0 Å². The van der Waals surface area contributed by atoms with Crippen LogP contribution in [0, 0.1) is 17.5 Å². The summed E-state index contributed by atoms with van der Waals surface area (Å²) in [4.78, 5) is 12.2. The first-order chi connectivity index (χ1) is 13.6. The summed E-state index contributed by atoms with van der Waals surface area (Å²) >= 11 is 0. The van der Waals surface area contributed by atoms with E-state index in [1.807, 2.05) is 0 Å². The molecule has 0 saturated carbocycles. The Labute approximate surface area is 166 Å². The second-order valence-corrected chi connectivity index (χ2v) is 8.84. The largest absolute Gasteiger partial charge is 0.382 e. The summed E-state index contributed by atoms with van der Waals surface area (Å²) in [7, 11) is -3.25. The lowest BCUT2D eigenvalue weighted by molar-refractivity contribution is 0.101. The molecule has 0 radical (unpaired) electrons. The fraction of sp³-hybridized carbons (Fsp3) is 0.316. The Balaban J connectivity index is 1.70. The Hall–Kier alpha value is -2.59. The van der Waals surface area contributed by atoms with Crippen molar-refractivity contribution in [2.75, 3.05) is 30.0 Å². The molecule has 0 aliphatic carbocycles. The van der Waals surface area contributed by atoms with Gasteiger partial charge in [-0.3, -0.25) is 4.79 Å². The van der Waals surface area contributed by atoms with E-state index in [4.69, 9.17) is 0 Å². The normalized spacial score (nSPS) is 15.9. The number of carbonyl (C=O) groups is 1. The molecule has 2 aromatic rings. The highest BCUT2D eigenvalue weighted by Gasteiger charge is 2.25. The number of rotatable bonds is 5. The number of anilines is 2. The van der Waals surface area contributed by atoms with Crippen molar-refractivity contribution >= 4 is 27.3 Å². The summed E-state index contributed by atoms with van der Waals surface area (Å²) in [6.07, 6.45) is 2.22. The number of hydrogen-bond acceptors (Lipinski definition) is 4. The van der Waals surface area contributed by atoms with Gasteiger partial charge in [-0.1, -0.05) is 6.07 Å². The Kier molecular flexibility index (Phi) is 6.13. The smallest absolute Gasteiger partial charge is 0.261 e. The van der Waals surface area contributed by atoms with Gasteiger partial charge in [0, 0.05) is 30.5 Å². The van der Waals surface area contributed by atoms with Crippen molar-refractivity contribution in [3.8, 4) is 0 Å². The van der Waals surface area contributed by atoms with Gasteiger partial charge in [-0.2, -0.15) is 0 Å². The number of sulfonamides is 1. The summed E-state index contributed by atoms with van der Waals surface area (Å²) < 4.78 is 66.0. The molecule has 0 unspecified atom stereocenters. The van der Waals surface area contributed by atoms with Crippen molar-refractivity contribution in [2.24, 2.45) is 0 Å². The lowest BCUT2D eigenvalue weighted by atomic mass is 10.1. The van der Waals surface area contributed by atoms with Gasteiger partial charge >= 0.3 is 0 Å². The molecule has 1 amide bonds. The Morgan fingerprint density at radius 1 is 1.03 bits per heavy atom. The molecule has 1 fully saturated rings. The summed E-state index contributed by atoms with van der Waals surface area (Å²) in [5.41, 5.74) is -0.347. The van der Waals surface area contributed by atoms with E-state index in [0.717, 1.165) is 30.5 Å². The second kappa shape index (κ2) is 8.42. The molecule has 2 aromatic carbocycles. The van der Waals surface area contributed by atoms with Crippen LogP contribution in [-0.4, -0.2) is 44.0 Å². The van der Waals surface area contributed by atoms with Gasteiger partial charge in [-0.05, 0) is 43.2 Å². The quantitative estimate of drug-likeness (QED) is 0.768. The van der Waals surface area contributed by atoms with Gasteiger partial charge in [-0.15, -0.1) is 0 Å². The fourth-order valence-electron chi connectivity index (χ4n) is 3.22. The lowest BCUT2D eigenvalue weighted by Gasteiger charge is -2.31. The van der Waals surface area contributed by atoms with E-state index in [9.17, 15) is 26.4 Å². The number of amides is 1. The van der Waals surface area contributed by atoms with E-state index in [-0.39, 0.29) is 11.7 Å². The average Bonchev–Trinajstić information content (AvgIpc) is 2.60. The van der Waals surface area contributed by atoms with Crippen LogP contribution in [0.3, 0.4) is 0 Å². The van der Waals surface area contributed by atoms with Crippen LogP contribution in [0.25, 0.3) is 0 Å². The molecule has 3 rings (SSSR count).